The Labute approximate surface area is 231 Å². The Morgan fingerprint density at radius 3 is 2.10 bits per heavy atom. The predicted octanol–water partition coefficient (Wildman–Crippen LogP) is -3.55. The maximum absolute atomic E-state index is 13.0. The minimum atomic E-state index is -4.03. The van der Waals surface area contributed by atoms with Gasteiger partial charge in [-0.25, -0.2) is 0 Å². The van der Waals surface area contributed by atoms with E-state index >= 15 is 0 Å². The summed E-state index contributed by atoms with van der Waals surface area (Å²) in [7, 11) is 0. The van der Waals surface area contributed by atoms with E-state index < -0.39 is 42.3 Å². The Hall–Kier alpha value is -3.55. The lowest BCUT2D eigenvalue weighted by molar-refractivity contribution is -0.659. The number of carbonyl (C=O) groups is 3. The van der Waals surface area contributed by atoms with Gasteiger partial charge < -0.3 is 51.1 Å². The van der Waals surface area contributed by atoms with E-state index in [1.165, 1.54) is 17.0 Å². The molecule has 220 valence electrons. The Balaban J connectivity index is 1.28. The molecule has 0 radical (unpaired) electrons. The molecule has 3 amide bonds. The average molecular weight is 577 g/mol. The summed E-state index contributed by atoms with van der Waals surface area (Å²) in [6.07, 6.45) is 0.376. The van der Waals surface area contributed by atoms with Crippen LogP contribution in [0.4, 0.5) is 5.69 Å². The second-order valence-electron chi connectivity index (χ2n) is 10.1. The summed E-state index contributed by atoms with van der Waals surface area (Å²) in [5, 5.41) is 84.8. The Bertz CT molecular complexity index is 1370. The van der Waals surface area contributed by atoms with Gasteiger partial charge in [0, 0.05) is 42.9 Å². The first-order valence-electron chi connectivity index (χ1n) is 12.4. The zero-order valence-corrected chi connectivity index (χ0v) is 21.3. The highest BCUT2D eigenvalue weighted by Gasteiger charge is 2.74. The Kier molecular flexibility index (Phi) is 6.91. The maximum Gasteiger partial charge on any atom is 0.356 e. The molecule has 5 rings (SSSR count). The number of fused-ring (bicyclic) bond motifs is 1. The SMILES string of the molecule is O=C1CCC(N2Cc3c(NCc4ccc(CN5C(O)(O)C(O)(O)OC(O)(O)C5(O)O)cc4)cccc3C2=O)C(=O)N1. The highest BCUT2D eigenvalue weighted by Crippen LogP contribution is 2.42. The van der Waals surface area contributed by atoms with Gasteiger partial charge in [-0.1, -0.05) is 30.3 Å². The number of piperidine rings is 1. The number of hydrogen-bond acceptors (Lipinski definition) is 14. The van der Waals surface area contributed by atoms with E-state index in [4.69, 9.17) is 0 Å². The van der Waals surface area contributed by atoms with Crippen molar-refractivity contribution in [2.24, 2.45) is 0 Å². The van der Waals surface area contributed by atoms with Gasteiger partial charge in [-0.3, -0.25) is 24.4 Å². The van der Waals surface area contributed by atoms with Gasteiger partial charge in [0.25, 0.3) is 5.91 Å². The van der Waals surface area contributed by atoms with Gasteiger partial charge in [0.2, 0.25) is 11.8 Å². The molecular weight excluding hydrogens is 548 g/mol. The first kappa shape index (κ1) is 29.0. The number of carbonyl (C=O) groups excluding carboxylic acids is 3. The third kappa shape index (κ3) is 4.85. The number of morpholine rings is 1. The molecule has 41 heavy (non-hydrogen) atoms. The molecule has 1 unspecified atom stereocenters. The number of hydrogen-bond donors (Lipinski definition) is 10. The van der Waals surface area contributed by atoms with Crippen LogP contribution in [0.5, 0.6) is 0 Å². The number of imide groups is 1. The first-order valence-corrected chi connectivity index (χ1v) is 12.4. The van der Waals surface area contributed by atoms with E-state index in [1.54, 1.807) is 30.3 Å². The van der Waals surface area contributed by atoms with Crippen molar-refractivity contribution in [3.63, 3.8) is 0 Å². The molecule has 0 aliphatic carbocycles. The fraction of sp³-hybridized carbons (Fsp3) is 0.400. The van der Waals surface area contributed by atoms with E-state index in [0.29, 0.717) is 22.4 Å². The van der Waals surface area contributed by atoms with Crippen LogP contribution in [0.3, 0.4) is 0 Å². The molecule has 0 aromatic heterocycles. The molecule has 16 nitrogen and oxygen atoms in total. The molecule has 0 saturated carbocycles. The van der Waals surface area contributed by atoms with Gasteiger partial charge in [0.1, 0.15) is 6.04 Å². The molecule has 1 atom stereocenters. The van der Waals surface area contributed by atoms with Crippen LogP contribution in [-0.4, -0.2) is 98.2 Å². The summed E-state index contributed by atoms with van der Waals surface area (Å²) in [4.78, 5) is 38.1. The van der Waals surface area contributed by atoms with E-state index in [9.17, 15) is 55.2 Å². The minimum Gasteiger partial charge on any atom is -0.381 e. The fourth-order valence-corrected chi connectivity index (χ4v) is 5.02. The zero-order valence-electron chi connectivity index (χ0n) is 21.3. The number of nitrogens with zero attached hydrogens (tertiary/aromatic N) is 2. The van der Waals surface area contributed by atoms with Crippen LogP contribution < -0.4 is 10.6 Å². The standard InChI is InChI=1S/C25H28N4O12/c30-19-9-8-18(20(31)27-19)28-12-16-15(21(28)32)2-1-3-17(16)26-10-13-4-6-14(7-5-13)11-29-22(33,34)24(37,38)41-25(39,40)23(29,35)36/h1-7,18,26,33-40H,8-12H2,(H,27,30,31). The van der Waals surface area contributed by atoms with Crippen LogP contribution in [0, 0.1) is 0 Å². The molecule has 3 aliphatic rings. The van der Waals surface area contributed by atoms with Gasteiger partial charge in [-0.2, -0.15) is 4.90 Å². The molecule has 16 heteroatoms. The van der Waals surface area contributed by atoms with Gasteiger partial charge >= 0.3 is 23.8 Å². The largest absolute Gasteiger partial charge is 0.381 e. The maximum atomic E-state index is 13.0. The lowest BCUT2D eigenvalue weighted by Crippen LogP contribution is -2.83. The van der Waals surface area contributed by atoms with Crippen molar-refractivity contribution in [2.45, 2.75) is 62.3 Å². The van der Waals surface area contributed by atoms with Gasteiger partial charge in [-0.05, 0) is 29.7 Å². The normalized spacial score (nSPS) is 24.6. The Morgan fingerprint density at radius 1 is 0.878 bits per heavy atom. The molecule has 3 heterocycles. The van der Waals surface area contributed by atoms with Crippen LogP contribution in [0.1, 0.15) is 39.9 Å². The summed E-state index contributed by atoms with van der Waals surface area (Å²) >= 11 is 0. The number of benzene rings is 2. The smallest absolute Gasteiger partial charge is 0.356 e. The third-order valence-corrected chi connectivity index (χ3v) is 7.34. The minimum absolute atomic E-state index is 0.139. The van der Waals surface area contributed by atoms with Crippen molar-refractivity contribution < 1.29 is 60.0 Å². The Morgan fingerprint density at radius 2 is 1.49 bits per heavy atom. The molecule has 3 aliphatic heterocycles. The van der Waals surface area contributed by atoms with E-state index in [-0.39, 0.29) is 48.2 Å². The van der Waals surface area contributed by atoms with Crippen molar-refractivity contribution in [3.05, 3.63) is 64.7 Å². The first-order chi connectivity index (χ1) is 19.0. The summed E-state index contributed by atoms with van der Waals surface area (Å²) < 4.78 is 3.86. The van der Waals surface area contributed by atoms with Crippen molar-refractivity contribution in [1.29, 1.82) is 0 Å². The molecular formula is C25H28N4O12. The van der Waals surface area contributed by atoms with Crippen molar-refractivity contribution in [1.82, 2.24) is 15.1 Å². The van der Waals surface area contributed by atoms with E-state index in [1.807, 2.05) is 0 Å². The summed E-state index contributed by atoms with van der Waals surface area (Å²) in [6.45, 7) is -0.403. The summed E-state index contributed by atoms with van der Waals surface area (Å²) in [6, 6.07) is 10.4. The lowest BCUT2D eigenvalue weighted by Gasteiger charge is -2.55. The van der Waals surface area contributed by atoms with Crippen molar-refractivity contribution in [2.75, 3.05) is 5.32 Å². The van der Waals surface area contributed by atoms with Crippen molar-refractivity contribution >= 4 is 23.4 Å². The van der Waals surface area contributed by atoms with Crippen LogP contribution in [0.25, 0.3) is 0 Å². The van der Waals surface area contributed by atoms with Gasteiger partial charge in [0.15, 0.2) is 0 Å². The number of nitrogens with one attached hydrogen (secondary N) is 2. The fourth-order valence-electron chi connectivity index (χ4n) is 5.02. The number of rotatable bonds is 6. The molecule has 2 aromatic carbocycles. The van der Waals surface area contributed by atoms with Crippen LogP contribution >= 0.6 is 0 Å². The number of amides is 3. The quantitative estimate of drug-likeness (QED) is 0.118. The average Bonchev–Trinajstić information content (AvgIpc) is 3.21. The molecule has 0 bridgehead atoms. The summed E-state index contributed by atoms with van der Waals surface area (Å²) in [5.74, 6) is -17.0. The molecule has 0 spiro atoms. The molecule has 2 saturated heterocycles. The van der Waals surface area contributed by atoms with E-state index in [0.717, 1.165) is 0 Å². The van der Waals surface area contributed by atoms with Crippen LogP contribution in [0.15, 0.2) is 42.5 Å². The van der Waals surface area contributed by atoms with Gasteiger partial charge in [0.05, 0.1) is 0 Å². The second-order valence-corrected chi connectivity index (χ2v) is 10.1. The highest BCUT2D eigenvalue weighted by atomic mass is 16.9. The summed E-state index contributed by atoms with van der Waals surface area (Å²) in [5.41, 5.74) is 2.61. The van der Waals surface area contributed by atoms with E-state index in [2.05, 4.69) is 15.4 Å². The molecule has 2 aromatic rings. The highest BCUT2D eigenvalue weighted by molar-refractivity contribution is 6.06. The second kappa shape index (κ2) is 9.78. The van der Waals surface area contributed by atoms with Gasteiger partial charge in [-0.15, -0.1) is 0 Å². The lowest BCUT2D eigenvalue weighted by atomic mass is 10.0. The zero-order chi connectivity index (χ0) is 30.0. The third-order valence-electron chi connectivity index (χ3n) is 7.34. The number of anilines is 1. The number of aliphatic hydroxyl groups is 8. The molecule has 10 N–H and O–H groups in total. The van der Waals surface area contributed by atoms with Crippen LogP contribution in [-0.2, 0) is 34.0 Å². The number of ether oxygens (including phenoxy) is 1. The van der Waals surface area contributed by atoms with Crippen molar-refractivity contribution in [3.8, 4) is 0 Å². The predicted molar refractivity (Wildman–Crippen MR) is 132 cm³/mol. The monoisotopic (exact) mass is 576 g/mol. The molecule has 2 fully saturated rings. The van der Waals surface area contributed by atoms with Crippen LogP contribution in [0.2, 0.25) is 0 Å². The topological polar surface area (TPSA) is 253 Å².